The molecule has 0 fully saturated rings. The fourth-order valence-corrected chi connectivity index (χ4v) is 6.61. The lowest BCUT2D eigenvalue weighted by Gasteiger charge is -2.24. The highest BCUT2D eigenvalue weighted by molar-refractivity contribution is 8.00. The Bertz CT molecular complexity index is 1640. The van der Waals surface area contributed by atoms with Gasteiger partial charge in [-0.3, -0.25) is 14.5 Å². The number of carbonyl (C=O) groups excluding carboxylic acids is 2. The Hall–Kier alpha value is -4.28. The SMILES string of the molecule is COCCCNC(=O)CN1C(=O)CS[C@H](c2cc(OC)ccc2OC)c2c(-c3ccccc3)nn(-c3cccc(C)c3C)c21. The Labute approximate surface area is 262 Å². The number of hydrogen-bond acceptors (Lipinski definition) is 7. The Morgan fingerprint density at radius 3 is 2.55 bits per heavy atom. The molecule has 2 amide bonds. The van der Waals surface area contributed by atoms with Crippen LogP contribution in [0.1, 0.15) is 33.9 Å². The number of ether oxygens (including phenoxy) is 3. The van der Waals surface area contributed by atoms with Crippen LogP contribution in [0.3, 0.4) is 0 Å². The summed E-state index contributed by atoms with van der Waals surface area (Å²) < 4.78 is 18.4. The summed E-state index contributed by atoms with van der Waals surface area (Å²) >= 11 is 1.49. The van der Waals surface area contributed by atoms with Gasteiger partial charge in [-0.05, 0) is 55.7 Å². The topological polar surface area (TPSA) is 94.9 Å². The third kappa shape index (κ3) is 6.32. The van der Waals surface area contributed by atoms with Gasteiger partial charge in [-0.15, -0.1) is 11.8 Å². The standard InChI is InChI=1S/C34H38N4O5S/c1-22-11-9-14-27(23(22)2)38-34-31(32(36-38)24-12-7-6-8-13-24)33(26-19-25(42-4)15-16-28(26)43-5)44-21-30(40)37(34)20-29(39)35-17-10-18-41-3/h6-9,11-16,19,33H,10,17-18,20-21H2,1-5H3,(H,35,39)/t33-/m1/s1. The smallest absolute Gasteiger partial charge is 0.240 e. The van der Waals surface area contributed by atoms with Crippen LogP contribution < -0.4 is 19.7 Å². The van der Waals surface area contributed by atoms with Crippen molar-refractivity contribution in [3.63, 3.8) is 0 Å². The van der Waals surface area contributed by atoms with Crippen LogP contribution >= 0.6 is 11.8 Å². The fourth-order valence-electron chi connectivity index (χ4n) is 5.40. The Kier molecular flexibility index (Phi) is 9.92. The van der Waals surface area contributed by atoms with Crippen molar-refractivity contribution in [2.75, 3.05) is 51.7 Å². The van der Waals surface area contributed by atoms with E-state index in [1.807, 2.05) is 72.3 Å². The first-order valence-electron chi connectivity index (χ1n) is 14.5. The Balaban J connectivity index is 1.78. The number of nitrogens with zero attached hydrogens (tertiary/aromatic N) is 3. The maximum atomic E-state index is 14.0. The Morgan fingerprint density at radius 1 is 1.02 bits per heavy atom. The van der Waals surface area contributed by atoms with Crippen LogP contribution in [0, 0.1) is 13.8 Å². The lowest BCUT2D eigenvalue weighted by Crippen LogP contribution is -2.42. The molecule has 0 saturated carbocycles. The molecule has 0 saturated heterocycles. The van der Waals surface area contributed by atoms with Crippen molar-refractivity contribution in [2.24, 2.45) is 0 Å². The fraction of sp³-hybridized carbons (Fsp3) is 0.324. The van der Waals surface area contributed by atoms with Crippen LogP contribution in [0.2, 0.25) is 0 Å². The van der Waals surface area contributed by atoms with Gasteiger partial charge < -0.3 is 19.5 Å². The van der Waals surface area contributed by atoms with E-state index >= 15 is 0 Å². The number of anilines is 1. The average Bonchev–Trinajstić information content (AvgIpc) is 3.36. The van der Waals surface area contributed by atoms with E-state index in [1.54, 1.807) is 26.2 Å². The van der Waals surface area contributed by atoms with Gasteiger partial charge in [0.1, 0.15) is 23.9 Å². The molecule has 0 aliphatic carbocycles. The van der Waals surface area contributed by atoms with Gasteiger partial charge in [-0.1, -0.05) is 42.5 Å². The van der Waals surface area contributed by atoms with E-state index in [4.69, 9.17) is 19.3 Å². The number of hydrogen-bond donors (Lipinski definition) is 1. The molecule has 4 aromatic rings. The van der Waals surface area contributed by atoms with Crippen LogP contribution in [0.5, 0.6) is 11.5 Å². The number of benzene rings is 3. The predicted molar refractivity (Wildman–Crippen MR) is 174 cm³/mol. The molecule has 1 aromatic heterocycles. The summed E-state index contributed by atoms with van der Waals surface area (Å²) in [6.45, 7) is 4.93. The number of nitrogens with one attached hydrogen (secondary N) is 1. The molecule has 10 heteroatoms. The average molecular weight is 615 g/mol. The Morgan fingerprint density at radius 2 is 1.82 bits per heavy atom. The van der Waals surface area contributed by atoms with Crippen molar-refractivity contribution < 1.29 is 23.8 Å². The first kappa shape index (κ1) is 31.2. The summed E-state index contributed by atoms with van der Waals surface area (Å²) in [6.07, 6.45) is 0.674. The van der Waals surface area contributed by atoms with Gasteiger partial charge in [0.15, 0.2) is 0 Å². The predicted octanol–water partition coefficient (Wildman–Crippen LogP) is 5.50. The number of fused-ring (bicyclic) bond motifs is 1. The minimum Gasteiger partial charge on any atom is -0.497 e. The zero-order valence-electron chi connectivity index (χ0n) is 25.8. The van der Waals surface area contributed by atoms with Crippen molar-refractivity contribution in [3.05, 3.63) is 89.0 Å². The second-order valence-corrected chi connectivity index (χ2v) is 11.7. The van der Waals surface area contributed by atoms with Crippen LogP contribution in [-0.2, 0) is 14.3 Å². The number of rotatable bonds is 11. The molecule has 230 valence electrons. The molecule has 0 bridgehead atoms. The first-order valence-corrected chi connectivity index (χ1v) is 15.6. The summed E-state index contributed by atoms with van der Waals surface area (Å²) in [7, 11) is 4.89. The molecule has 0 spiro atoms. The number of aromatic nitrogens is 2. The molecule has 1 N–H and O–H groups in total. The zero-order valence-corrected chi connectivity index (χ0v) is 26.6. The molecule has 2 heterocycles. The van der Waals surface area contributed by atoms with Crippen LogP contribution in [0.15, 0.2) is 66.7 Å². The van der Waals surface area contributed by atoms with Gasteiger partial charge in [0.25, 0.3) is 0 Å². The normalized spacial score (nSPS) is 14.6. The first-order chi connectivity index (χ1) is 21.4. The van der Waals surface area contributed by atoms with E-state index < -0.39 is 0 Å². The van der Waals surface area contributed by atoms with Gasteiger partial charge in [-0.25, -0.2) is 4.68 Å². The van der Waals surface area contributed by atoms with Crippen LogP contribution in [0.25, 0.3) is 16.9 Å². The van der Waals surface area contributed by atoms with Crippen molar-refractivity contribution in [1.29, 1.82) is 0 Å². The van der Waals surface area contributed by atoms with Crippen molar-refractivity contribution in [1.82, 2.24) is 15.1 Å². The van der Waals surface area contributed by atoms with Gasteiger partial charge in [0.2, 0.25) is 11.8 Å². The van der Waals surface area contributed by atoms with E-state index in [9.17, 15) is 9.59 Å². The molecular weight excluding hydrogens is 576 g/mol. The molecule has 1 aliphatic rings. The summed E-state index contributed by atoms with van der Waals surface area (Å²) in [6, 6.07) is 21.7. The molecule has 1 aliphatic heterocycles. The summed E-state index contributed by atoms with van der Waals surface area (Å²) in [4.78, 5) is 28.9. The minimum absolute atomic E-state index is 0.147. The van der Waals surface area contributed by atoms with Gasteiger partial charge >= 0.3 is 0 Å². The highest BCUT2D eigenvalue weighted by atomic mass is 32.2. The van der Waals surface area contributed by atoms with Gasteiger partial charge in [0.05, 0.1) is 36.6 Å². The monoisotopic (exact) mass is 614 g/mol. The molecule has 3 aromatic carbocycles. The van der Waals surface area contributed by atoms with E-state index in [1.165, 1.54) is 11.8 Å². The molecule has 44 heavy (non-hydrogen) atoms. The number of aryl methyl sites for hydroxylation is 1. The van der Waals surface area contributed by atoms with Gasteiger partial charge in [-0.2, -0.15) is 5.10 Å². The number of carbonyl (C=O) groups is 2. The van der Waals surface area contributed by atoms with Crippen molar-refractivity contribution in [2.45, 2.75) is 25.5 Å². The third-order valence-corrected chi connectivity index (χ3v) is 9.05. The third-order valence-electron chi connectivity index (χ3n) is 7.81. The molecule has 9 nitrogen and oxygen atoms in total. The van der Waals surface area contributed by atoms with E-state index in [0.717, 1.165) is 39.2 Å². The summed E-state index contributed by atoms with van der Waals surface area (Å²) in [5.74, 6) is 1.63. The maximum absolute atomic E-state index is 14.0. The molecule has 5 rings (SSSR count). The molecule has 0 radical (unpaired) electrons. The number of methoxy groups -OCH3 is 3. The van der Waals surface area contributed by atoms with Crippen LogP contribution in [0.4, 0.5) is 5.82 Å². The second kappa shape index (κ2) is 14.0. The van der Waals surface area contributed by atoms with Crippen LogP contribution in [-0.4, -0.2) is 68.4 Å². The molecular formula is C34H38N4O5S. The van der Waals surface area contributed by atoms with Crippen molar-refractivity contribution >= 4 is 29.4 Å². The van der Waals surface area contributed by atoms with Gasteiger partial charge in [0, 0.05) is 37.0 Å². The molecule has 1 atom stereocenters. The van der Waals surface area contributed by atoms with E-state index in [2.05, 4.69) is 18.3 Å². The summed E-state index contributed by atoms with van der Waals surface area (Å²) in [5.41, 5.74) is 6.27. The summed E-state index contributed by atoms with van der Waals surface area (Å²) in [5, 5.41) is 7.80. The molecule has 0 unspecified atom stereocenters. The second-order valence-electron chi connectivity index (χ2n) is 10.6. The highest BCUT2D eigenvalue weighted by Gasteiger charge is 2.39. The largest absolute Gasteiger partial charge is 0.497 e. The van der Waals surface area contributed by atoms with E-state index in [0.29, 0.717) is 36.9 Å². The van der Waals surface area contributed by atoms with E-state index in [-0.39, 0.29) is 29.4 Å². The lowest BCUT2D eigenvalue weighted by molar-refractivity contribution is -0.122. The quantitative estimate of drug-likeness (QED) is 0.223. The van der Waals surface area contributed by atoms with Crippen molar-refractivity contribution in [3.8, 4) is 28.4 Å². The maximum Gasteiger partial charge on any atom is 0.240 e. The minimum atomic E-state index is -0.358. The number of amides is 2. The zero-order chi connectivity index (χ0) is 31.2. The highest BCUT2D eigenvalue weighted by Crippen LogP contribution is 2.51. The number of thioether (sulfide) groups is 1. The lowest BCUT2D eigenvalue weighted by atomic mass is 9.98.